The molecular weight excluding hydrogens is 265 g/mol. The van der Waals surface area contributed by atoms with E-state index in [1.165, 1.54) is 12.1 Å². The van der Waals surface area contributed by atoms with Gasteiger partial charge in [0.2, 0.25) is 0 Å². The van der Waals surface area contributed by atoms with E-state index < -0.39 is 5.82 Å². The molecule has 1 aromatic carbocycles. The van der Waals surface area contributed by atoms with Crippen molar-refractivity contribution in [3.8, 4) is 0 Å². The number of nitrogen functional groups attached to an aromatic ring is 1. The molecule has 3 N–H and O–H groups in total. The number of nitrogens with zero attached hydrogens (tertiary/aromatic N) is 1. The van der Waals surface area contributed by atoms with E-state index in [1.807, 2.05) is 12.3 Å². The van der Waals surface area contributed by atoms with Gasteiger partial charge < -0.3 is 11.1 Å². The number of carbonyl (C=O) groups is 1. The second kappa shape index (κ2) is 5.79. The van der Waals surface area contributed by atoms with Crippen molar-refractivity contribution in [1.29, 1.82) is 0 Å². The first-order valence-electron chi connectivity index (χ1n) is 5.80. The summed E-state index contributed by atoms with van der Waals surface area (Å²) in [6, 6.07) is 4.02. The fourth-order valence-electron chi connectivity index (χ4n) is 1.60. The Morgan fingerprint density at radius 3 is 2.95 bits per heavy atom. The van der Waals surface area contributed by atoms with Crippen molar-refractivity contribution in [1.82, 2.24) is 10.3 Å². The SMILES string of the molecule is Cc1nc(CCNC(=O)c2ccc(N)c(F)c2)cs1. The fourth-order valence-corrected chi connectivity index (χ4v) is 2.24. The molecule has 0 aliphatic heterocycles. The van der Waals surface area contributed by atoms with Crippen LogP contribution >= 0.6 is 11.3 Å². The van der Waals surface area contributed by atoms with Gasteiger partial charge >= 0.3 is 0 Å². The predicted octanol–water partition coefficient (Wildman–Crippen LogP) is 2.15. The van der Waals surface area contributed by atoms with Gasteiger partial charge in [0, 0.05) is 23.9 Å². The summed E-state index contributed by atoms with van der Waals surface area (Å²) in [5.74, 6) is -0.895. The first-order chi connectivity index (χ1) is 9.06. The number of carbonyl (C=O) groups excluding carboxylic acids is 1. The Hall–Kier alpha value is -1.95. The lowest BCUT2D eigenvalue weighted by Crippen LogP contribution is -2.25. The van der Waals surface area contributed by atoms with Crippen molar-refractivity contribution in [3.05, 3.63) is 45.7 Å². The van der Waals surface area contributed by atoms with Crippen molar-refractivity contribution >= 4 is 22.9 Å². The minimum absolute atomic E-state index is 0.0366. The van der Waals surface area contributed by atoms with Crippen LogP contribution in [0.4, 0.5) is 10.1 Å². The Balaban J connectivity index is 1.89. The van der Waals surface area contributed by atoms with Gasteiger partial charge in [0.1, 0.15) is 5.82 Å². The minimum Gasteiger partial charge on any atom is -0.396 e. The summed E-state index contributed by atoms with van der Waals surface area (Å²) >= 11 is 1.58. The summed E-state index contributed by atoms with van der Waals surface area (Å²) in [5.41, 5.74) is 6.61. The number of hydrogen-bond donors (Lipinski definition) is 2. The number of nitrogens with two attached hydrogens (primary N) is 1. The molecule has 0 spiro atoms. The quantitative estimate of drug-likeness (QED) is 0.843. The number of anilines is 1. The first-order valence-corrected chi connectivity index (χ1v) is 6.68. The number of amides is 1. The zero-order chi connectivity index (χ0) is 13.8. The maximum Gasteiger partial charge on any atom is 0.251 e. The van der Waals surface area contributed by atoms with Gasteiger partial charge in [-0.25, -0.2) is 9.37 Å². The van der Waals surface area contributed by atoms with Crippen molar-refractivity contribution in [2.45, 2.75) is 13.3 Å². The first kappa shape index (κ1) is 13.5. The van der Waals surface area contributed by atoms with E-state index in [-0.39, 0.29) is 17.2 Å². The van der Waals surface area contributed by atoms with Gasteiger partial charge in [0.15, 0.2) is 0 Å². The molecule has 4 nitrogen and oxygen atoms in total. The van der Waals surface area contributed by atoms with Crippen LogP contribution in [-0.2, 0) is 6.42 Å². The van der Waals surface area contributed by atoms with Crippen LogP contribution in [0.1, 0.15) is 21.1 Å². The van der Waals surface area contributed by atoms with Crippen LogP contribution in [0.5, 0.6) is 0 Å². The molecule has 1 aromatic heterocycles. The molecule has 6 heteroatoms. The van der Waals surface area contributed by atoms with Gasteiger partial charge in [-0.3, -0.25) is 4.79 Å². The van der Waals surface area contributed by atoms with Gasteiger partial charge in [0.05, 0.1) is 16.4 Å². The molecule has 2 rings (SSSR count). The average molecular weight is 279 g/mol. The third kappa shape index (κ3) is 3.51. The number of aryl methyl sites for hydroxylation is 1. The van der Waals surface area contributed by atoms with Crippen LogP contribution in [-0.4, -0.2) is 17.4 Å². The zero-order valence-electron chi connectivity index (χ0n) is 10.4. The van der Waals surface area contributed by atoms with E-state index in [0.717, 1.165) is 16.8 Å². The molecule has 2 aromatic rings. The molecular formula is C13H14FN3OS. The third-order valence-corrected chi connectivity index (χ3v) is 3.42. The lowest BCUT2D eigenvalue weighted by atomic mass is 10.2. The molecule has 0 saturated carbocycles. The molecule has 0 atom stereocenters. The second-order valence-corrected chi connectivity index (χ2v) is 5.16. The molecule has 100 valence electrons. The number of halogens is 1. The average Bonchev–Trinajstić information content (AvgIpc) is 2.78. The van der Waals surface area contributed by atoms with Crippen molar-refractivity contribution in [2.24, 2.45) is 0 Å². The molecule has 0 radical (unpaired) electrons. The van der Waals surface area contributed by atoms with Gasteiger partial charge in [-0.15, -0.1) is 11.3 Å². The fraction of sp³-hybridized carbons (Fsp3) is 0.231. The number of rotatable bonds is 4. The van der Waals surface area contributed by atoms with E-state index in [2.05, 4.69) is 10.3 Å². The van der Waals surface area contributed by atoms with Gasteiger partial charge in [-0.05, 0) is 25.1 Å². The van der Waals surface area contributed by atoms with Crippen molar-refractivity contribution in [2.75, 3.05) is 12.3 Å². The largest absolute Gasteiger partial charge is 0.396 e. The Morgan fingerprint density at radius 1 is 1.53 bits per heavy atom. The molecule has 0 unspecified atom stereocenters. The normalized spacial score (nSPS) is 10.4. The van der Waals surface area contributed by atoms with E-state index in [9.17, 15) is 9.18 Å². The van der Waals surface area contributed by atoms with Crippen LogP contribution in [0.2, 0.25) is 0 Å². The summed E-state index contributed by atoms with van der Waals surface area (Å²) < 4.78 is 13.2. The maximum atomic E-state index is 13.2. The highest BCUT2D eigenvalue weighted by Gasteiger charge is 2.08. The Bertz CT molecular complexity index is 597. The standard InChI is InChI=1S/C13H14FN3OS/c1-8-17-10(7-19-8)4-5-16-13(18)9-2-3-12(15)11(14)6-9/h2-3,6-7H,4-5,15H2,1H3,(H,16,18). The number of thiazole rings is 1. The smallest absolute Gasteiger partial charge is 0.251 e. The minimum atomic E-state index is -0.581. The molecule has 0 aliphatic rings. The molecule has 1 heterocycles. The monoisotopic (exact) mass is 279 g/mol. The topological polar surface area (TPSA) is 68.0 Å². The van der Waals surface area contributed by atoms with Crippen LogP contribution < -0.4 is 11.1 Å². The van der Waals surface area contributed by atoms with E-state index in [4.69, 9.17) is 5.73 Å². The Kier molecular flexibility index (Phi) is 4.11. The number of benzene rings is 1. The third-order valence-electron chi connectivity index (χ3n) is 2.60. The summed E-state index contributed by atoms with van der Waals surface area (Å²) in [5, 5.41) is 5.69. The van der Waals surface area contributed by atoms with E-state index >= 15 is 0 Å². The summed E-state index contributed by atoms with van der Waals surface area (Å²) in [7, 11) is 0. The highest BCUT2D eigenvalue weighted by Crippen LogP contribution is 2.12. The number of aromatic nitrogens is 1. The highest BCUT2D eigenvalue weighted by atomic mass is 32.1. The van der Waals surface area contributed by atoms with Crippen LogP contribution in [0.25, 0.3) is 0 Å². The van der Waals surface area contributed by atoms with Gasteiger partial charge in [0.25, 0.3) is 5.91 Å². The lowest BCUT2D eigenvalue weighted by molar-refractivity contribution is 0.0953. The second-order valence-electron chi connectivity index (χ2n) is 4.10. The predicted molar refractivity (Wildman–Crippen MR) is 73.7 cm³/mol. The van der Waals surface area contributed by atoms with Crippen molar-refractivity contribution < 1.29 is 9.18 Å². The molecule has 1 amide bonds. The summed E-state index contributed by atoms with van der Waals surface area (Å²) in [6.07, 6.45) is 0.660. The molecule has 0 fully saturated rings. The molecule has 0 aliphatic carbocycles. The lowest BCUT2D eigenvalue weighted by Gasteiger charge is -2.05. The van der Waals surface area contributed by atoms with Gasteiger partial charge in [-0.1, -0.05) is 0 Å². The van der Waals surface area contributed by atoms with Crippen LogP contribution in [0, 0.1) is 12.7 Å². The van der Waals surface area contributed by atoms with Crippen molar-refractivity contribution in [3.63, 3.8) is 0 Å². The van der Waals surface area contributed by atoms with E-state index in [0.29, 0.717) is 13.0 Å². The molecule has 19 heavy (non-hydrogen) atoms. The molecule has 0 saturated heterocycles. The van der Waals surface area contributed by atoms with Gasteiger partial charge in [-0.2, -0.15) is 0 Å². The summed E-state index contributed by atoms with van der Waals surface area (Å²) in [6.45, 7) is 2.40. The zero-order valence-corrected chi connectivity index (χ0v) is 11.3. The molecule has 0 bridgehead atoms. The number of nitrogens with one attached hydrogen (secondary N) is 1. The highest BCUT2D eigenvalue weighted by molar-refractivity contribution is 7.09. The number of hydrogen-bond acceptors (Lipinski definition) is 4. The maximum absolute atomic E-state index is 13.2. The van der Waals surface area contributed by atoms with Crippen LogP contribution in [0.15, 0.2) is 23.6 Å². The Morgan fingerprint density at radius 2 is 2.32 bits per heavy atom. The Labute approximate surface area is 114 Å². The van der Waals surface area contributed by atoms with Crippen LogP contribution in [0.3, 0.4) is 0 Å². The van der Waals surface area contributed by atoms with E-state index in [1.54, 1.807) is 11.3 Å². The summed E-state index contributed by atoms with van der Waals surface area (Å²) in [4.78, 5) is 16.1.